The molecule has 1 nitrogen and oxygen atoms in total. The fourth-order valence-corrected chi connectivity index (χ4v) is 0. The molecule has 0 saturated heterocycles. The van der Waals surface area contributed by atoms with Gasteiger partial charge in [0.2, 0.25) is 0 Å². The second-order valence-corrected chi connectivity index (χ2v) is 5.08. The molecule has 0 unspecified atom stereocenters. The molecule has 0 amide bonds. The van der Waals surface area contributed by atoms with Gasteiger partial charge in [0.25, 0.3) is 0 Å². The molecule has 0 atom stereocenters. The Morgan fingerprint density at radius 3 is 1.83 bits per heavy atom. The summed E-state index contributed by atoms with van der Waals surface area (Å²) in [5.74, 6) is 0. The minimum absolute atomic E-state index is 1.74. The van der Waals surface area contributed by atoms with E-state index in [-0.39, 0.29) is 0 Å². The molecular formula is C3H7LiOP. The van der Waals surface area contributed by atoms with Crippen LogP contribution in [-0.4, -0.2) is 31.0 Å². The molecule has 3 heteroatoms. The molecular weight excluding hydrogens is 89.9 g/mol. The third kappa shape index (κ3) is 4.83. The van der Waals surface area contributed by atoms with Crippen molar-refractivity contribution in [3.8, 4) is 0 Å². The van der Waals surface area contributed by atoms with Crippen LogP contribution in [-0.2, 0) is 4.57 Å². The third-order valence-corrected chi connectivity index (χ3v) is 1.87. The van der Waals surface area contributed by atoms with Gasteiger partial charge >= 0.3 is 47.6 Å². The van der Waals surface area contributed by atoms with Gasteiger partial charge in [-0.3, -0.25) is 0 Å². The summed E-state index contributed by atoms with van der Waals surface area (Å²) in [7, 11) is -1.77. The van der Waals surface area contributed by atoms with Gasteiger partial charge in [-0.1, -0.05) is 0 Å². The van der Waals surface area contributed by atoms with E-state index in [9.17, 15) is 4.57 Å². The van der Waals surface area contributed by atoms with Crippen LogP contribution in [0.2, 0.25) is 0 Å². The molecule has 0 fully saturated rings. The van der Waals surface area contributed by atoms with Crippen LogP contribution >= 0.6 is 7.14 Å². The summed E-state index contributed by atoms with van der Waals surface area (Å²) in [6.07, 6.45) is 0. The fourth-order valence-electron chi connectivity index (χ4n) is 0. The second-order valence-electron chi connectivity index (χ2n) is 1.69. The SMILES string of the molecule is [Li][CH]P(C)(C)=O. The molecule has 0 aromatic heterocycles. The molecule has 0 rings (SSSR count). The average Bonchev–Trinajstić information content (AvgIpc) is 1.35. The number of rotatable bonds is 1. The van der Waals surface area contributed by atoms with E-state index in [1.807, 2.05) is 17.7 Å². The standard InChI is InChI=1S/C3H7OP.Li/c1-5(2,3)4;/h1H,2-3H3;. The third-order valence-electron chi connectivity index (χ3n) is 0.622. The molecule has 0 bridgehead atoms. The molecule has 0 aromatic carbocycles. The molecule has 0 aromatic rings. The summed E-state index contributed by atoms with van der Waals surface area (Å²) >= 11 is 1.82. The molecule has 0 aliphatic rings. The second kappa shape index (κ2) is 2.22. The summed E-state index contributed by atoms with van der Waals surface area (Å²) in [6.45, 7) is 3.49. The molecule has 0 aliphatic heterocycles. The van der Waals surface area contributed by atoms with Crippen molar-refractivity contribution in [2.24, 2.45) is 0 Å². The van der Waals surface area contributed by atoms with Crippen LogP contribution in [0.3, 0.4) is 0 Å². The fraction of sp³-hybridized carbons (Fsp3) is 0.667. The van der Waals surface area contributed by atoms with Gasteiger partial charge in [0.05, 0.1) is 0 Å². The Kier molecular flexibility index (Phi) is 2.52. The van der Waals surface area contributed by atoms with E-state index in [2.05, 4.69) is 0 Å². The number of hydrogen-bond acceptors (Lipinski definition) is 1. The quantitative estimate of drug-likeness (QED) is 0.351. The van der Waals surface area contributed by atoms with Gasteiger partial charge in [0, 0.05) is 0 Å². The Hall–Kier alpha value is 0.827. The van der Waals surface area contributed by atoms with Gasteiger partial charge in [0.15, 0.2) is 0 Å². The van der Waals surface area contributed by atoms with Gasteiger partial charge < -0.3 is 0 Å². The van der Waals surface area contributed by atoms with E-state index in [1.54, 1.807) is 18.2 Å². The Morgan fingerprint density at radius 2 is 1.83 bits per heavy atom. The first-order chi connectivity index (χ1) is 2.56. The first-order valence-corrected chi connectivity index (χ1v) is 4.58. The monoisotopic (exact) mass is 97.0 g/mol. The molecule has 6 heavy (non-hydrogen) atoms. The van der Waals surface area contributed by atoms with E-state index >= 15 is 0 Å². The molecule has 1 radical (unpaired) electrons. The van der Waals surface area contributed by atoms with Crippen molar-refractivity contribution in [2.75, 3.05) is 13.3 Å². The molecule has 0 N–H and O–H groups in total. The topological polar surface area (TPSA) is 17.1 Å². The summed E-state index contributed by atoms with van der Waals surface area (Å²) in [5, 5.41) is 0. The van der Waals surface area contributed by atoms with Crippen molar-refractivity contribution in [3.63, 3.8) is 0 Å². The van der Waals surface area contributed by atoms with Crippen LogP contribution in [0.5, 0.6) is 0 Å². The van der Waals surface area contributed by atoms with E-state index in [0.717, 1.165) is 0 Å². The molecule has 0 spiro atoms. The summed E-state index contributed by atoms with van der Waals surface area (Å²) in [6, 6.07) is 0. The maximum atomic E-state index is 10.5. The van der Waals surface area contributed by atoms with E-state index in [4.69, 9.17) is 0 Å². The van der Waals surface area contributed by atoms with Gasteiger partial charge in [-0.15, -0.1) is 0 Å². The average molecular weight is 97.0 g/mol. The maximum absolute atomic E-state index is 10.5. The van der Waals surface area contributed by atoms with Gasteiger partial charge in [0.1, 0.15) is 0 Å². The zero-order valence-corrected chi connectivity index (χ0v) is 5.33. The molecule has 0 aliphatic carbocycles. The van der Waals surface area contributed by atoms with E-state index in [0.29, 0.717) is 0 Å². The predicted molar refractivity (Wildman–Crippen MR) is 29.5 cm³/mol. The van der Waals surface area contributed by atoms with Crippen molar-refractivity contribution >= 4 is 24.9 Å². The van der Waals surface area contributed by atoms with Crippen LogP contribution in [0.1, 0.15) is 0 Å². The Morgan fingerprint density at radius 1 is 1.67 bits per heavy atom. The Bertz CT molecular complexity index is 74.9. The Balaban J connectivity index is 3.48. The summed E-state index contributed by atoms with van der Waals surface area (Å²) in [4.78, 5) is 1.74. The molecule has 0 heterocycles. The van der Waals surface area contributed by atoms with Gasteiger partial charge in [-0.25, -0.2) is 0 Å². The minimum atomic E-state index is -1.77. The van der Waals surface area contributed by atoms with Crippen LogP contribution in [0, 0.1) is 4.83 Å². The molecule has 31 valence electrons. The van der Waals surface area contributed by atoms with Crippen LogP contribution in [0.4, 0.5) is 0 Å². The zero-order chi connectivity index (χ0) is 5.21. The molecule has 0 saturated carbocycles. The van der Waals surface area contributed by atoms with E-state index in [1.165, 1.54) is 0 Å². The van der Waals surface area contributed by atoms with Gasteiger partial charge in [-0.05, 0) is 0 Å². The van der Waals surface area contributed by atoms with E-state index < -0.39 is 7.14 Å². The zero-order valence-electron chi connectivity index (χ0n) is 4.43. The first kappa shape index (κ1) is 6.83. The first-order valence-electron chi connectivity index (χ1n) is 1.91. The summed E-state index contributed by atoms with van der Waals surface area (Å²) in [5.41, 5.74) is 0. The Labute approximate surface area is 48.1 Å². The van der Waals surface area contributed by atoms with Crippen molar-refractivity contribution in [2.45, 2.75) is 0 Å². The van der Waals surface area contributed by atoms with Crippen molar-refractivity contribution in [3.05, 3.63) is 4.83 Å². The van der Waals surface area contributed by atoms with Crippen LogP contribution in [0.25, 0.3) is 0 Å². The van der Waals surface area contributed by atoms with Crippen molar-refractivity contribution in [1.82, 2.24) is 0 Å². The van der Waals surface area contributed by atoms with Crippen molar-refractivity contribution < 1.29 is 4.57 Å². The van der Waals surface area contributed by atoms with Crippen molar-refractivity contribution in [1.29, 1.82) is 0 Å². The van der Waals surface area contributed by atoms with Crippen LogP contribution < -0.4 is 0 Å². The summed E-state index contributed by atoms with van der Waals surface area (Å²) < 4.78 is 10.5. The predicted octanol–water partition coefficient (Wildman–Crippen LogP) is 0.897. The number of hydrogen-bond donors (Lipinski definition) is 0. The normalized spacial score (nSPS) is 12.0. The van der Waals surface area contributed by atoms with Gasteiger partial charge in [-0.2, -0.15) is 0 Å². The van der Waals surface area contributed by atoms with Crippen LogP contribution in [0.15, 0.2) is 0 Å².